The van der Waals surface area contributed by atoms with Crippen LogP contribution >= 0.6 is 0 Å². The topological polar surface area (TPSA) is 64.1 Å². The van der Waals surface area contributed by atoms with Gasteiger partial charge in [-0.15, -0.1) is 0 Å². The van der Waals surface area contributed by atoms with Crippen molar-refractivity contribution in [3.63, 3.8) is 0 Å². The van der Waals surface area contributed by atoms with Crippen LogP contribution < -0.4 is 11.1 Å². The van der Waals surface area contributed by atoms with Gasteiger partial charge in [-0.25, -0.2) is 4.39 Å². The van der Waals surface area contributed by atoms with Crippen LogP contribution in [0.1, 0.15) is 5.56 Å². The number of fused-ring (bicyclic) bond motifs is 1. The predicted molar refractivity (Wildman–Crippen MR) is 72.8 cm³/mol. The molecule has 5 heteroatoms. The maximum atomic E-state index is 13.4. The summed E-state index contributed by atoms with van der Waals surface area (Å²) in [6.07, 6.45) is 0. The predicted octanol–water partition coefficient (Wildman–Crippen LogP) is 3.60. The van der Waals surface area contributed by atoms with Crippen molar-refractivity contribution in [2.45, 2.75) is 6.92 Å². The van der Waals surface area contributed by atoms with Gasteiger partial charge in [0.2, 0.25) is 0 Å². The molecular formula is C14H12FN3O. The average molecular weight is 257 g/mol. The summed E-state index contributed by atoms with van der Waals surface area (Å²) in [6.45, 7) is 1.69. The molecule has 0 fully saturated rings. The zero-order chi connectivity index (χ0) is 13.4. The van der Waals surface area contributed by atoms with E-state index in [1.54, 1.807) is 37.3 Å². The van der Waals surface area contributed by atoms with E-state index in [4.69, 9.17) is 10.2 Å². The van der Waals surface area contributed by atoms with Crippen LogP contribution in [0.4, 0.5) is 21.8 Å². The Morgan fingerprint density at radius 3 is 2.95 bits per heavy atom. The van der Waals surface area contributed by atoms with Crippen molar-refractivity contribution in [3.05, 3.63) is 47.8 Å². The molecule has 0 saturated heterocycles. The summed E-state index contributed by atoms with van der Waals surface area (Å²) in [7, 11) is 0. The van der Waals surface area contributed by atoms with Crippen molar-refractivity contribution in [1.29, 1.82) is 0 Å². The number of nitrogen functional groups attached to an aromatic ring is 1. The van der Waals surface area contributed by atoms with E-state index in [0.29, 0.717) is 34.1 Å². The van der Waals surface area contributed by atoms with E-state index in [-0.39, 0.29) is 5.82 Å². The summed E-state index contributed by atoms with van der Waals surface area (Å²) in [5, 5.41) is 2.96. The lowest BCUT2D eigenvalue weighted by Gasteiger charge is -2.05. The minimum absolute atomic E-state index is 0.273. The van der Waals surface area contributed by atoms with Crippen LogP contribution in [-0.2, 0) is 0 Å². The SMILES string of the molecule is Cc1c(F)cccc1Nc1nc2ccc(N)cc2o1. The number of benzene rings is 2. The molecule has 0 aliphatic rings. The second-order valence-electron chi connectivity index (χ2n) is 4.28. The number of halogens is 1. The van der Waals surface area contributed by atoms with Crippen LogP contribution in [0.25, 0.3) is 11.1 Å². The van der Waals surface area contributed by atoms with Crippen LogP contribution in [0.5, 0.6) is 0 Å². The van der Waals surface area contributed by atoms with Gasteiger partial charge in [0.05, 0.1) is 0 Å². The Morgan fingerprint density at radius 2 is 2.11 bits per heavy atom. The number of nitrogens with zero attached hydrogens (tertiary/aromatic N) is 1. The lowest BCUT2D eigenvalue weighted by Crippen LogP contribution is -1.94. The summed E-state index contributed by atoms with van der Waals surface area (Å²) in [5.41, 5.74) is 8.72. The first-order valence-electron chi connectivity index (χ1n) is 5.82. The minimum atomic E-state index is -0.273. The van der Waals surface area contributed by atoms with Crippen LogP contribution in [0.3, 0.4) is 0 Å². The molecule has 0 atom stereocenters. The zero-order valence-electron chi connectivity index (χ0n) is 10.3. The van der Waals surface area contributed by atoms with E-state index in [1.807, 2.05) is 0 Å². The number of oxazole rings is 1. The second-order valence-corrected chi connectivity index (χ2v) is 4.28. The van der Waals surface area contributed by atoms with Crippen molar-refractivity contribution >= 4 is 28.5 Å². The zero-order valence-corrected chi connectivity index (χ0v) is 10.3. The van der Waals surface area contributed by atoms with Crippen LogP contribution in [0, 0.1) is 12.7 Å². The molecule has 2 aromatic carbocycles. The molecule has 0 radical (unpaired) electrons. The molecule has 96 valence electrons. The monoisotopic (exact) mass is 257 g/mol. The molecule has 0 unspecified atom stereocenters. The van der Waals surface area contributed by atoms with Gasteiger partial charge in [0.1, 0.15) is 11.3 Å². The highest BCUT2D eigenvalue weighted by molar-refractivity contribution is 5.78. The largest absolute Gasteiger partial charge is 0.423 e. The third-order valence-electron chi connectivity index (χ3n) is 2.92. The molecular weight excluding hydrogens is 245 g/mol. The second kappa shape index (κ2) is 4.28. The smallest absolute Gasteiger partial charge is 0.300 e. The fourth-order valence-electron chi connectivity index (χ4n) is 1.85. The van der Waals surface area contributed by atoms with Gasteiger partial charge in [0.25, 0.3) is 6.01 Å². The number of nitrogens with two attached hydrogens (primary N) is 1. The maximum Gasteiger partial charge on any atom is 0.300 e. The Hall–Kier alpha value is -2.56. The molecule has 3 aromatic rings. The lowest BCUT2D eigenvalue weighted by molar-refractivity contribution is 0.615. The first-order valence-corrected chi connectivity index (χ1v) is 5.82. The third kappa shape index (κ3) is 2.10. The van der Waals surface area contributed by atoms with E-state index in [1.165, 1.54) is 6.07 Å². The van der Waals surface area contributed by atoms with E-state index >= 15 is 0 Å². The van der Waals surface area contributed by atoms with Crippen molar-refractivity contribution in [1.82, 2.24) is 4.98 Å². The molecule has 4 nitrogen and oxygen atoms in total. The standard InChI is InChI=1S/C14H12FN3O/c1-8-10(15)3-2-4-11(8)17-14-18-12-6-5-9(16)7-13(12)19-14/h2-7H,16H2,1H3,(H,17,18). The van der Waals surface area contributed by atoms with Gasteiger partial charge in [0.15, 0.2) is 5.58 Å². The fraction of sp³-hybridized carbons (Fsp3) is 0.0714. The highest BCUT2D eigenvalue weighted by Crippen LogP contribution is 2.26. The summed E-state index contributed by atoms with van der Waals surface area (Å²) >= 11 is 0. The minimum Gasteiger partial charge on any atom is -0.423 e. The number of rotatable bonds is 2. The van der Waals surface area contributed by atoms with Crippen molar-refractivity contribution in [2.24, 2.45) is 0 Å². The van der Waals surface area contributed by atoms with E-state index in [0.717, 1.165) is 0 Å². The van der Waals surface area contributed by atoms with Gasteiger partial charge in [-0.2, -0.15) is 4.98 Å². The molecule has 19 heavy (non-hydrogen) atoms. The van der Waals surface area contributed by atoms with Crippen LogP contribution in [-0.4, -0.2) is 4.98 Å². The number of hydrogen-bond acceptors (Lipinski definition) is 4. The molecule has 0 bridgehead atoms. The Bertz CT molecular complexity index is 752. The highest BCUT2D eigenvalue weighted by atomic mass is 19.1. The fourth-order valence-corrected chi connectivity index (χ4v) is 1.85. The van der Waals surface area contributed by atoms with Gasteiger partial charge in [-0.05, 0) is 31.2 Å². The van der Waals surface area contributed by atoms with Crippen molar-refractivity contribution in [2.75, 3.05) is 11.1 Å². The molecule has 1 heterocycles. The number of hydrogen-bond donors (Lipinski definition) is 2. The van der Waals surface area contributed by atoms with Crippen molar-refractivity contribution in [3.8, 4) is 0 Å². The molecule has 0 aliphatic carbocycles. The highest BCUT2D eigenvalue weighted by Gasteiger charge is 2.09. The Balaban J connectivity index is 1.99. The molecule has 0 aliphatic heterocycles. The quantitative estimate of drug-likeness (QED) is 0.688. The third-order valence-corrected chi connectivity index (χ3v) is 2.92. The van der Waals surface area contributed by atoms with E-state index in [9.17, 15) is 4.39 Å². The number of anilines is 3. The summed E-state index contributed by atoms with van der Waals surface area (Å²) in [6, 6.07) is 10.3. The van der Waals surface area contributed by atoms with Gasteiger partial charge < -0.3 is 15.5 Å². The average Bonchev–Trinajstić information content (AvgIpc) is 2.76. The van der Waals surface area contributed by atoms with E-state index in [2.05, 4.69) is 10.3 Å². The van der Waals surface area contributed by atoms with Crippen LogP contribution in [0.2, 0.25) is 0 Å². The number of nitrogens with one attached hydrogen (secondary N) is 1. The normalized spacial score (nSPS) is 10.8. The Kier molecular flexibility index (Phi) is 2.59. The van der Waals surface area contributed by atoms with Gasteiger partial charge in [-0.1, -0.05) is 6.07 Å². The van der Waals surface area contributed by atoms with Crippen molar-refractivity contribution < 1.29 is 8.81 Å². The summed E-state index contributed by atoms with van der Waals surface area (Å²) < 4.78 is 19.0. The number of aromatic nitrogens is 1. The van der Waals surface area contributed by atoms with E-state index < -0.39 is 0 Å². The molecule has 1 aromatic heterocycles. The molecule has 0 spiro atoms. The Morgan fingerprint density at radius 1 is 1.26 bits per heavy atom. The lowest BCUT2D eigenvalue weighted by atomic mass is 10.2. The maximum absolute atomic E-state index is 13.4. The van der Waals surface area contributed by atoms with Gasteiger partial charge >= 0.3 is 0 Å². The molecule has 3 N–H and O–H groups in total. The molecule has 0 amide bonds. The first kappa shape index (κ1) is 11.5. The molecule has 3 rings (SSSR count). The molecule has 0 saturated carbocycles. The van der Waals surface area contributed by atoms with Gasteiger partial charge in [-0.3, -0.25) is 0 Å². The first-order chi connectivity index (χ1) is 9.13. The van der Waals surface area contributed by atoms with Gasteiger partial charge in [0, 0.05) is 23.0 Å². The Labute approximate surface area is 109 Å². The summed E-state index contributed by atoms with van der Waals surface area (Å²) in [5.74, 6) is -0.273. The van der Waals surface area contributed by atoms with Crippen LogP contribution in [0.15, 0.2) is 40.8 Å². The summed E-state index contributed by atoms with van der Waals surface area (Å²) in [4.78, 5) is 4.26.